The third-order valence-corrected chi connectivity index (χ3v) is 4.79. The van der Waals surface area contributed by atoms with Gasteiger partial charge in [-0.25, -0.2) is 0 Å². The molecule has 0 fully saturated rings. The van der Waals surface area contributed by atoms with Crippen LogP contribution in [0.25, 0.3) is 10.7 Å². The maximum absolute atomic E-state index is 12.3. The molecular weight excluding hydrogens is 338 g/mol. The summed E-state index contributed by atoms with van der Waals surface area (Å²) >= 11 is 1.61. The van der Waals surface area contributed by atoms with Crippen molar-refractivity contribution in [3.05, 3.63) is 52.9 Å². The van der Waals surface area contributed by atoms with Gasteiger partial charge in [-0.3, -0.25) is 15.2 Å². The summed E-state index contributed by atoms with van der Waals surface area (Å²) in [6.07, 6.45) is 0.177. The molecule has 7 nitrogen and oxygen atoms in total. The minimum Gasteiger partial charge on any atom is -0.387 e. The van der Waals surface area contributed by atoms with Gasteiger partial charge in [-0.15, -0.1) is 16.4 Å². The van der Waals surface area contributed by atoms with Gasteiger partial charge < -0.3 is 4.84 Å². The lowest BCUT2D eigenvalue weighted by molar-refractivity contribution is -0.110. The number of nitrogens with zero attached hydrogens (tertiary/aromatic N) is 3. The minimum atomic E-state index is -0.355. The molecule has 0 spiro atoms. The lowest BCUT2D eigenvalue weighted by atomic mass is 10.0. The molecule has 2 aromatic heterocycles. The fraction of sp³-hybridized carbons (Fsp3) is 0.176. The number of nitrogens with one attached hydrogen (secondary N) is 2. The molecule has 3 heterocycles. The van der Waals surface area contributed by atoms with E-state index in [9.17, 15) is 4.79 Å². The molecule has 1 atom stereocenters. The van der Waals surface area contributed by atoms with Gasteiger partial charge in [0.25, 0.3) is 5.91 Å². The standard InChI is InChI=1S/C17H15N5O2S/c1-10-7-8-14(25-10)15-18-17(21-20-15)19-16(23)12-9-13(24-22-12)11-5-3-2-4-6-11/h2-8,13H,9H2,1H3,(H2,18,19,20,21,23)/t13-/m0/s1. The third-order valence-electron chi connectivity index (χ3n) is 3.79. The molecular formula is C17H15N5O2S. The van der Waals surface area contributed by atoms with E-state index in [1.165, 1.54) is 4.88 Å². The average Bonchev–Trinajstić information content (AvgIpc) is 3.35. The summed E-state index contributed by atoms with van der Waals surface area (Å²) < 4.78 is 0. The van der Waals surface area contributed by atoms with Crippen LogP contribution in [0.3, 0.4) is 0 Å². The van der Waals surface area contributed by atoms with Crippen LogP contribution in [0.15, 0.2) is 47.6 Å². The monoisotopic (exact) mass is 353 g/mol. The fourth-order valence-electron chi connectivity index (χ4n) is 2.52. The molecule has 1 amide bonds. The third kappa shape index (κ3) is 3.29. The van der Waals surface area contributed by atoms with Crippen molar-refractivity contribution in [3.8, 4) is 10.7 Å². The van der Waals surface area contributed by atoms with Crippen LogP contribution in [-0.4, -0.2) is 26.8 Å². The van der Waals surface area contributed by atoms with Crippen LogP contribution in [0.5, 0.6) is 0 Å². The van der Waals surface area contributed by atoms with Crippen LogP contribution in [0.1, 0.15) is 23.0 Å². The molecule has 126 valence electrons. The first-order valence-corrected chi connectivity index (χ1v) is 8.59. The van der Waals surface area contributed by atoms with E-state index in [-0.39, 0.29) is 18.0 Å². The van der Waals surface area contributed by atoms with Gasteiger partial charge in [-0.2, -0.15) is 4.98 Å². The number of benzene rings is 1. The molecule has 4 rings (SSSR count). The highest BCUT2D eigenvalue weighted by Crippen LogP contribution is 2.28. The van der Waals surface area contributed by atoms with Gasteiger partial charge in [0.2, 0.25) is 5.95 Å². The van der Waals surface area contributed by atoms with Crippen molar-refractivity contribution in [1.82, 2.24) is 15.2 Å². The Morgan fingerprint density at radius 2 is 2.12 bits per heavy atom. The van der Waals surface area contributed by atoms with Gasteiger partial charge >= 0.3 is 0 Å². The normalized spacial score (nSPS) is 16.4. The van der Waals surface area contributed by atoms with Gasteiger partial charge in [0, 0.05) is 11.3 Å². The highest BCUT2D eigenvalue weighted by Gasteiger charge is 2.27. The predicted octanol–water partition coefficient (Wildman–Crippen LogP) is 3.30. The SMILES string of the molecule is Cc1ccc(-c2nc(NC(=O)C3=NO[C@H](c4ccccc4)C3)n[nH]2)s1. The van der Waals surface area contributed by atoms with Crippen LogP contribution >= 0.6 is 11.3 Å². The number of anilines is 1. The summed E-state index contributed by atoms with van der Waals surface area (Å²) in [6, 6.07) is 13.7. The Hall–Kier alpha value is -3.00. The first kappa shape index (κ1) is 15.5. The Morgan fingerprint density at radius 1 is 1.28 bits per heavy atom. The Kier molecular flexibility index (Phi) is 4.02. The van der Waals surface area contributed by atoms with Gasteiger partial charge in [-0.05, 0) is 24.6 Å². The molecule has 3 aromatic rings. The minimum absolute atomic E-state index is 0.219. The second-order valence-electron chi connectivity index (χ2n) is 5.62. The number of carbonyl (C=O) groups is 1. The number of aryl methyl sites for hydroxylation is 1. The maximum Gasteiger partial charge on any atom is 0.276 e. The zero-order valence-corrected chi connectivity index (χ0v) is 14.2. The van der Waals surface area contributed by atoms with Crippen molar-refractivity contribution in [1.29, 1.82) is 0 Å². The van der Waals surface area contributed by atoms with Crippen LogP contribution < -0.4 is 5.32 Å². The zero-order chi connectivity index (χ0) is 17.2. The van der Waals surface area contributed by atoms with Crippen molar-refractivity contribution in [2.24, 2.45) is 5.16 Å². The predicted molar refractivity (Wildman–Crippen MR) is 95.4 cm³/mol. The summed E-state index contributed by atoms with van der Waals surface area (Å²) in [5.41, 5.74) is 1.31. The van der Waals surface area contributed by atoms with E-state index < -0.39 is 0 Å². The average molecular weight is 353 g/mol. The molecule has 0 saturated carbocycles. The topological polar surface area (TPSA) is 92.3 Å². The number of carbonyl (C=O) groups excluding carboxylic acids is 1. The highest BCUT2D eigenvalue weighted by atomic mass is 32.1. The number of rotatable bonds is 4. The zero-order valence-electron chi connectivity index (χ0n) is 13.4. The molecule has 0 bridgehead atoms. The van der Waals surface area contributed by atoms with Crippen molar-refractivity contribution < 1.29 is 9.63 Å². The molecule has 1 aliphatic heterocycles. The lowest BCUT2D eigenvalue weighted by Gasteiger charge is -2.07. The number of amides is 1. The van der Waals surface area contributed by atoms with E-state index in [1.54, 1.807) is 11.3 Å². The van der Waals surface area contributed by atoms with Crippen LogP contribution in [0.4, 0.5) is 5.95 Å². The molecule has 0 radical (unpaired) electrons. The van der Waals surface area contributed by atoms with E-state index in [2.05, 4.69) is 25.7 Å². The Labute approximate surface area is 147 Å². The molecule has 0 aliphatic carbocycles. The Balaban J connectivity index is 1.40. The molecule has 1 aliphatic rings. The number of hydrogen-bond donors (Lipinski definition) is 2. The Bertz CT molecular complexity index is 931. The van der Waals surface area contributed by atoms with Crippen LogP contribution in [0, 0.1) is 6.92 Å². The van der Waals surface area contributed by atoms with E-state index in [0.29, 0.717) is 18.0 Å². The van der Waals surface area contributed by atoms with Gasteiger partial charge in [0.15, 0.2) is 11.9 Å². The molecule has 0 unspecified atom stereocenters. The maximum atomic E-state index is 12.3. The van der Waals surface area contributed by atoms with Crippen molar-refractivity contribution in [2.75, 3.05) is 5.32 Å². The van der Waals surface area contributed by atoms with Gasteiger partial charge in [0.1, 0.15) is 5.71 Å². The summed E-state index contributed by atoms with van der Waals surface area (Å²) in [4.78, 5) is 24.1. The number of hydrogen-bond acceptors (Lipinski definition) is 6. The fourth-order valence-corrected chi connectivity index (χ4v) is 3.33. The van der Waals surface area contributed by atoms with Crippen molar-refractivity contribution >= 4 is 28.9 Å². The van der Waals surface area contributed by atoms with Crippen molar-refractivity contribution in [2.45, 2.75) is 19.4 Å². The summed E-state index contributed by atoms with van der Waals surface area (Å²) in [7, 11) is 0. The first-order chi connectivity index (χ1) is 12.2. The highest BCUT2D eigenvalue weighted by molar-refractivity contribution is 7.15. The number of H-pyrrole nitrogens is 1. The van der Waals surface area contributed by atoms with Crippen LogP contribution in [0.2, 0.25) is 0 Å². The number of oxime groups is 1. The summed E-state index contributed by atoms with van der Waals surface area (Å²) in [5.74, 6) is 0.489. The van der Waals surface area contributed by atoms with E-state index >= 15 is 0 Å². The van der Waals surface area contributed by atoms with Gasteiger partial charge in [-0.1, -0.05) is 35.5 Å². The number of aromatic amines is 1. The second-order valence-corrected chi connectivity index (χ2v) is 6.91. The Morgan fingerprint density at radius 3 is 2.88 bits per heavy atom. The molecule has 1 aromatic carbocycles. The second kappa shape index (κ2) is 6.48. The van der Waals surface area contributed by atoms with Crippen molar-refractivity contribution in [3.63, 3.8) is 0 Å². The number of aromatic nitrogens is 3. The largest absolute Gasteiger partial charge is 0.387 e. The molecule has 25 heavy (non-hydrogen) atoms. The lowest BCUT2D eigenvalue weighted by Crippen LogP contribution is -2.22. The quantitative estimate of drug-likeness (QED) is 0.753. The molecule has 8 heteroatoms. The smallest absolute Gasteiger partial charge is 0.276 e. The van der Waals surface area contributed by atoms with Gasteiger partial charge in [0.05, 0.1) is 4.88 Å². The van der Waals surface area contributed by atoms with E-state index in [4.69, 9.17) is 4.84 Å². The van der Waals surface area contributed by atoms with E-state index in [0.717, 1.165) is 10.4 Å². The van der Waals surface area contributed by atoms with E-state index in [1.807, 2.05) is 49.4 Å². The van der Waals surface area contributed by atoms with Crippen LogP contribution in [-0.2, 0) is 9.63 Å². The summed E-state index contributed by atoms with van der Waals surface area (Å²) in [5, 5.41) is 13.4. The first-order valence-electron chi connectivity index (χ1n) is 7.77. The molecule has 0 saturated heterocycles. The molecule has 2 N–H and O–H groups in total. The number of thiophene rings is 1. The summed E-state index contributed by atoms with van der Waals surface area (Å²) in [6.45, 7) is 2.02.